The van der Waals surface area contributed by atoms with Gasteiger partial charge in [-0.05, 0) is 0 Å². The third kappa shape index (κ3) is 3.85. The third-order valence-corrected chi connectivity index (χ3v) is 0.262. The highest BCUT2D eigenvalue weighted by atomic mass is 32.1. The van der Waals surface area contributed by atoms with Crippen molar-refractivity contribution in [2.24, 2.45) is 0 Å². The fourth-order valence-corrected chi connectivity index (χ4v) is 0.144. The molecule has 1 N–H and O–H groups in total. The molecule has 0 heterocycles. The van der Waals surface area contributed by atoms with Gasteiger partial charge in [-0.15, -0.1) is 0 Å². The van der Waals surface area contributed by atoms with Crippen molar-refractivity contribution in [1.82, 2.24) is 5.48 Å². The minimum atomic E-state index is 1.29. The van der Waals surface area contributed by atoms with E-state index in [1.165, 1.54) is 12.6 Å². The molecule has 0 aliphatic rings. The monoisotopic (exact) mass is 91.0 g/mol. The van der Waals surface area contributed by atoms with Crippen LogP contribution in [0.25, 0.3) is 0 Å². The number of hydrogen-bond donors (Lipinski definition) is 1. The maximum Gasteiger partial charge on any atom is 0.0872 e. The van der Waals surface area contributed by atoms with Gasteiger partial charge in [-0.1, -0.05) is 12.2 Å². The van der Waals surface area contributed by atoms with E-state index in [-0.39, 0.29) is 0 Å². The summed E-state index contributed by atoms with van der Waals surface area (Å²) < 4.78 is 0. The second-order valence-corrected chi connectivity index (χ2v) is 0.676. The molecule has 0 spiro atoms. The molecule has 0 rings (SSSR count). The van der Waals surface area contributed by atoms with E-state index in [0.29, 0.717) is 0 Å². The molecule has 0 saturated carbocycles. The van der Waals surface area contributed by atoms with Crippen LogP contribution in [0.5, 0.6) is 0 Å². The first-order valence-corrected chi connectivity index (χ1v) is 1.61. The molecule has 0 aromatic carbocycles. The summed E-state index contributed by atoms with van der Waals surface area (Å²) >= 11 is 4.29. The quantitative estimate of drug-likeness (QED) is 0.384. The van der Waals surface area contributed by atoms with Gasteiger partial charge in [0.1, 0.15) is 0 Å². The van der Waals surface area contributed by atoms with Gasteiger partial charge in [0.05, 0.1) is 12.6 Å². The van der Waals surface area contributed by atoms with Gasteiger partial charge in [0.25, 0.3) is 0 Å². The molecule has 5 heavy (non-hydrogen) atoms. The minimum absolute atomic E-state index is 1.29. The summed E-state index contributed by atoms with van der Waals surface area (Å²) in [7, 11) is 1.50. The zero-order chi connectivity index (χ0) is 4.12. The average molecular weight is 91.1 g/mol. The van der Waals surface area contributed by atoms with Crippen LogP contribution in [0, 0.1) is 0 Å². The molecule has 0 amide bonds. The Morgan fingerprint density at radius 1 is 2.00 bits per heavy atom. The van der Waals surface area contributed by atoms with Crippen LogP contribution >= 0.6 is 12.2 Å². The molecule has 0 aromatic heterocycles. The first-order valence-electron chi connectivity index (χ1n) is 1.14. The number of hydroxylamine groups is 1. The Morgan fingerprint density at radius 3 is 2.60 bits per heavy atom. The SMILES string of the molecule is CONC=S. The van der Waals surface area contributed by atoms with Gasteiger partial charge < -0.3 is 0 Å². The highest BCUT2D eigenvalue weighted by Gasteiger charge is 1.52. The average Bonchev–Trinajstić information content (AvgIpc) is 1.41. The van der Waals surface area contributed by atoms with Gasteiger partial charge in [-0.25, -0.2) is 0 Å². The van der Waals surface area contributed by atoms with Gasteiger partial charge in [-0.2, -0.15) is 0 Å². The predicted molar refractivity (Wildman–Crippen MR) is 23.8 cm³/mol. The third-order valence-electron chi connectivity index (χ3n) is 0.166. The summed E-state index contributed by atoms with van der Waals surface area (Å²) in [5, 5.41) is 0. The lowest BCUT2D eigenvalue weighted by Gasteiger charge is -1.84. The van der Waals surface area contributed by atoms with Crippen molar-refractivity contribution in [3.8, 4) is 0 Å². The van der Waals surface area contributed by atoms with Crippen molar-refractivity contribution < 1.29 is 4.84 Å². The van der Waals surface area contributed by atoms with E-state index in [1.54, 1.807) is 0 Å². The van der Waals surface area contributed by atoms with Crippen molar-refractivity contribution in [3.05, 3.63) is 0 Å². The zero-order valence-corrected chi connectivity index (χ0v) is 3.71. The molecule has 0 atom stereocenters. The Hall–Kier alpha value is -0.150. The number of hydrogen-bond acceptors (Lipinski definition) is 2. The molecular weight excluding hydrogens is 86.1 g/mol. The van der Waals surface area contributed by atoms with Crippen LogP contribution < -0.4 is 5.48 Å². The molecule has 0 aromatic rings. The number of thiocarbonyl (C=S) groups is 1. The van der Waals surface area contributed by atoms with Crippen molar-refractivity contribution in [2.45, 2.75) is 0 Å². The summed E-state index contributed by atoms with van der Waals surface area (Å²) in [4.78, 5) is 4.28. The van der Waals surface area contributed by atoms with E-state index in [9.17, 15) is 0 Å². The van der Waals surface area contributed by atoms with Crippen LogP contribution in [-0.2, 0) is 4.84 Å². The normalized spacial score (nSPS) is 6.60. The van der Waals surface area contributed by atoms with Gasteiger partial charge >= 0.3 is 0 Å². The molecule has 0 saturated heterocycles. The van der Waals surface area contributed by atoms with Gasteiger partial charge in [-0.3, -0.25) is 10.3 Å². The van der Waals surface area contributed by atoms with Crippen LogP contribution in [0.2, 0.25) is 0 Å². The van der Waals surface area contributed by atoms with Crippen LogP contribution in [0.3, 0.4) is 0 Å². The Balaban J connectivity index is 2.40. The molecule has 3 heteroatoms. The van der Waals surface area contributed by atoms with E-state index >= 15 is 0 Å². The van der Waals surface area contributed by atoms with E-state index in [0.717, 1.165) is 0 Å². The Labute approximate surface area is 36.1 Å². The van der Waals surface area contributed by atoms with Crippen LogP contribution in [0.15, 0.2) is 0 Å². The van der Waals surface area contributed by atoms with E-state index in [4.69, 9.17) is 0 Å². The topological polar surface area (TPSA) is 21.3 Å². The first kappa shape index (κ1) is 4.85. The summed E-state index contributed by atoms with van der Waals surface area (Å²) in [6.07, 6.45) is 0. The van der Waals surface area contributed by atoms with Crippen LogP contribution in [-0.4, -0.2) is 12.6 Å². The van der Waals surface area contributed by atoms with Crippen LogP contribution in [0.1, 0.15) is 0 Å². The Morgan fingerprint density at radius 2 is 2.60 bits per heavy atom. The summed E-state index contributed by atoms with van der Waals surface area (Å²) in [6, 6.07) is 0. The van der Waals surface area contributed by atoms with E-state index in [1.807, 2.05) is 0 Å². The molecule has 0 radical (unpaired) electrons. The fraction of sp³-hybridized carbons (Fsp3) is 0.500. The molecule has 30 valence electrons. The maximum absolute atomic E-state index is 4.29. The molecule has 0 aliphatic carbocycles. The molecule has 0 bridgehead atoms. The van der Waals surface area contributed by atoms with Crippen molar-refractivity contribution >= 4 is 17.7 Å². The molecular formula is C2H5NOS. The molecule has 0 aliphatic heterocycles. The lowest BCUT2D eigenvalue weighted by Crippen LogP contribution is -2.04. The van der Waals surface area contributed by atoms with Gasteiger partial charge in [0.15, 0.2) is 0 Å². The number of rotatable bonds is 2. The first-order chi connectivity index (χ1) is 2.41. The summed E-state index contributed by atoms with van der Waals surface area (Å²) in [6.45, 7) is 0. The predicted octanol–water partition coefficient (Wildman–Crippen LogP) is 0.0946. The summed E-state index contributed by atoms with van der Waals surface area (Å²) in [5.41, 5.74) is 3.59. The van der Waals surface area contributed by atoms with Gasteiger partial charge in [0.2, 0.25) is 0 Å². The van der Waals surface area contributed by atoms with E-state index in [2.05, 4.69) is 22.5 Å². The number of nitrogens with one attached hydrogen (secondary N) is 1. The summed E-state index contributed by atoms with van der Waals surface area (Å²) in [5.74, 6) is 0. The lowest BCUT2D eigenvalue weighted by molar-refractivity contribution is 0.150. The standard InChI is InChI=1S/C2H5NOS/c1-4-3-2-5/h2H,1H3,(H,3,5). The van der Waals surface area contributed by atoms with Crippen molar-refractivity contribution in [1.29, 1.82) is 0 Å². The molecule has 2 nitrogen and oxygen atoms in total. The largest absolute Gasteiger partial charge is 0.279 e. The van der Waals surface area contributed by atoms with E-state index < -0.39 is 0 Å². The second kappa shape index (κ2) is 3.85. The van der Waals surface area contributed by atoms with Gasteiger partial charge in [0, 0.05) is 0 Å². The van der Waals surface area contributed by atoms with Crippen molar-refractivity contribution in [2.75, 3.05) is 7.11 Å². The van der Waals surface area contributed by atoms with Crippen molar-refractivity contribution in [3.63, 3.8) is 0 Å². The Bertz CT molecular complexity index is 30.8. The van der Waals surface area contributed by atoms with Crippen LogP contribution in [0.4, 0.5) is 0 Å². The molecule has 0 fully saturated rings. The maximum atomic E-state index is 4.29. The second-order valence-electron chi connectivity index (χ2n) is 0.440. The highest BCUT2D eigenvalue weighted by molar-refractivity contribution is 7.78. The highest BCUT2D eigenvalue weighted by Crippen LogP contribution is 1.42. The lowest BCUT2D eigenvalue weighted by atomic mass is 11.5. The molecule has 0 unspecified atom stereocenters. The minimum Gasteiger partial charge on any atom is -0.279 e. The Kier molecular flexibility index (Phi) is 3.73. The fourth-order valence-electron chi connectivity index (χ4n) is 0.0481. The zero-order valence-electron chi connectivity index (χ0n) is 2.89. The smallest absolute Gasteiger partial charge is 0.0872 e.